The van der Waals surface area contributed by atoms with Crippen molar-refractivity contribution >= 4 is 29.7 Å². The standard InChI is InChI=1S/C24H26N6O3/c1-3-16(4-2)27-23(32)21-8-6-17(12-26-21)28-24(33)22-19-10-14(5-7-20(19)29-30-22)15-9-18(31)13-25-11-15/h6-14,16,29,31H,3-5H2,1-2H3,(H,27,32)(H,28,33). The van der Waals surface area contributed by atoms with Crippen LogP contribution in [0.1, 0.15) is 65.6 Å². The van der Waals surface area contributed by atoms with Gasteiger partial charge in [-0.05, 0) is 43.0 Å². The maximum Gasteiger partial charge on any atom is 0.276 e. The summed E-state index contributed by atoms with van der Waals surface area (Å²) >= 11 is 0. The van der Waals surface area contributed by atoms with E-state index in [4.69, 9.17) is 0 Å². The van der Waals surface area contributed by atoms with E-state index >= 15 is 0 Å². The lowest BCUT2D eigenvalue weighted by Crippen LogP contribution is -2.34. The second-order valence-electron chi connectivity index (χ2n) is 7.96. The fourth-order valence-electron chi connectivity index (χ4n) is 3.80. The quantitative estimate of drug-likeness (QED) is 0.438. The first-order chi connectivity index (χ1) is 16.0. The number of carbonyl (C=O) groups excluding carboxylic acids is 2. The van der Waals surface area contributed by atoms with Crippen molar-refractivity contribution in [3.8, 4) is 5.75 Å². The van der Waals surface area contributed by atoms with E-state index in [0.717, 1.165) is 23.8 Å². The summed E-state index contributed by atoms with van der Waals surface area (Å²) in [5, 5.41) is 24.0. The summed E-state index contributed by atoms with van der Waals surface area (Å²) in [7, 11) is 0. The summed E-state index contributed by atoms with van der Waals surface area (Å²) in [6, 6.07) is 5.00. The average Bonchev–Trinajstić information content (AvgIpc) is 3.26. The second kappa shape index (κ2) is 9.64. The molecule has 4 N–H and O–H groups in total. The topological polar surface area (TPSA) is 133 Å². The zero-order valence-electron chi connectivity index (χ0n) is 18.5. The molecule has 0 radical (unpaired) electrons. The van der Waals surface area contributed by atoms with Gasteiger partial charge in [-0.15, -0.1) is 0 Å². The van der Waals surface area contributed by atoms with Crippen LogP contribution in [-0.4, -0.2) is 43.1 Å². The molecule has 0 aliphatic heterocycles. The highest BCUT2D eigenvalue weighted by Gasteiger charge is 2.19. The van der Waals surface area contributed by atoms with Crippen LogP contribution in [0.2, 0.25) is 0 Å². The summed E-state index contributed by atoms with van der Waals surface area (Å²) in [6.45, 7) is 4.04. The molecule has 9 nitrogen and oxygen atoms in total. The number of anilines is 1. The first kappa shape index (κ1) is 22.2. The molecule has 1 atom stereocenters. The van der Waals surface area contributed by atoms with Crippen molar-refractivity contribution in [2.75, 3.05) is 5.32 Å². The molecule has 0 spiro atoms. The van der Waals surface area contributed by atoms with Crippen LogP contribution < -0.4 is 21.2 Å². The highest BCUT2D eigenvalue weighted by Crippen LogP contribution is 2.25. The molecule has 1 unspecified atom stereocenters. The highest BCUT2D eigenvalue weighted by molar-refractivity contribution is 6.03. The number of amides is 2. The van der Waals surface area contributed by atoms with Gasteiger partial charge in [0.2, 0.25) is 0 Å². The van der Waals surface area contributed by atoms with Crippen LogP contribution in [-0.2, 0) is 0 Å². The second-order valence-corrected chi connectivity index (χ2v) is 7.96. The Morgan fingerprint density at radius 2 is 2.00 bits per heavy atom. The van der Waals surface area contributed by atoms with Gasteiger partial charge in [0.05, 0.1) is 23.4 Å². The minimum Gasteiger partial charge on any atom is -0.506 e. The van der Waals surface area contributed by atoms with E-state index in [1.54, 1.807) is 24.4 Å². The lowest BCUT2D eigenvalue weighted by atomic mass is 9.92. The SMILES string of the molecule is CCC(CC)NC(=O)c1ccc(NC(=O)c2n[nH]c3c2=CC(c2cncc(O)c2)CC=3)cn1. The molecular weight excluding hydrogens is 420 g/mol. The molecule has 4 rings (SSSR count). The molecule has 1 aliphatic carbocycles. The van der Waals surface area contributed by atoms with Crippen molar-refractivity contribution in [3.63, 3.8) is 0 Å². The molecule has 2 amide bonds. The number of rotatable bonds is 7. The Bertz CT molecular complexity index is 1280. The van der Waals surface area contributed by atoms with Crippen molar-refractivity contribution in [2.24, 2.45) is 0 Å². The Hall–Kier alpha value is -4.01. The minimum absolute atomic E-state index is 0.0317. The predicted octanol–water partition coefficient (Wildman–Crippen LogP) is 1.82. The fraction of sp³-hybridized carbons (Fsp3) is 0.292. The average molecular weight is 447 g/mol. The van der Waals surface area contributed by atoms with Gasteiger partial charge in [-0.25, -0.2) is 4.98 Å². The van der Waals surface area contributed by atoms with Gasteiger partial charge in [-0.1, -0.05) is 26.0 Å². The van der Waals surface area contributed by atoms with Crippen molar-refractivity contribution in [3.05, 3.63) is 64.3 Å². The summed E-state index contributed by atoms with van der Waals surface area (Å²) < 4.78 is 0. The molecule has 0 saturated heterocycles. The Labute approximate surface area is 190 Å². The van der Waals surface area contributed by atoms with Gasteiger partial charge in [0.15, 0.2) is 5.69 Å². The van der Waals surface area contributed by atoms with E-state index in [1.807, 2.05) is 26.0 Å². The number of pyridine rings is 2. The molecule has 3 aromatic rings. The number of hydrogen-bond donors (Lipinski definition) is 4. The molecule has 0 bridgehead atoms. The normalized spacial score (nSPS) is 14.7. The predicted molar refractivity (Wildman–Crippen MR) is 124 cm³/mol. The fourth-order valence-corrected chi connectivity index (χ4v) is 3.80. The van der Waals surface area contributed by atoms with Gasteiger partial charge in [-0.3, -0.25) is 19.7 Å². The van der Waals surface area contributed by atoms with Crippen LogP contribution >= 0.6 is 0 Å². The Balaban J connectivity index is 1.50. The number of nitrogens with one attached hydrogen (secondary N) is 3. The van der Waals surface area contributed by atoms with E-state index < -0.39 is 0 Å². The van der Waals surface area contributed by atoms with Crippen molar-refractivity contribution in [1.29, 1.82) is 0 Å². The lowest BCUT2D eigenvalue weighted by Gasteiger charge is -2.14. The van der Waals surface area contributed by atoms with Gasteiger partial charge in [0.25, 0.3) is 11.8 Å². The lowest BCUT2D eigenvalue weighted by molar-refractivity contribution is 0.0929. The monoisotopic (exact) mass is 446 g/mol. The van der Waals surface area contributed by atoms with E-state index in [1.165, 1.54) is 12.4 Å². The van der Waals surface area contributed by atoms with Crippen LogP contribution in [0.3, 0.4) is 0 Å². The number of fused-ring (bicyclic) bond motifs is 1. The summed E-state index contributed by atoms with van der Waals surface area (Å²) in [6.07, 6.45) is 10.9. The summed E-state index contributed by atoms with van der Waals surface area (Å²) in [5.41, 5.74) is 1.87. The van der Waals surface area contributed by atoms with Crippen LogP contribution in [0.15, 0.2) is 36.8 Å². The van der Waals surface area contributed by atoms with E-state index in [2.05, 4.69) is 30.8 Å². The third-order valence-electron chi connectivity index (χ3n) is 5.74. The third-order valence-corrected chi connectivity index (χ3v) is 5.74. The van der Waals surface area contributed by atoms with Crippen molar-refractivity contribution < 1.29 is 14.7 Å². The molecule has 0 fully saturated rings. The van der Waals surface area contributed by atoms with E-state index in [-0.39, 0.29) is 35.2 Å². The van der Waals surface area contributed by atoms with Gasteiger partial charge in [0, 0.05) is 23.4 Å². The largest absolute Gasteiger partial charge is 0.506 e. The molecule has 170 valence electrons. The number of aromatic hydroxyl groups is 1. The number of aromatic nitrogens is 4. The Morgan fingerprint density at radius 3 is 2.70 bits per heavy atom. The molecule has 1 aliphatic rings. The molecule has 33 heavy (non-hydrogen) atoms. The number of H-pyrrole nitrogens is 1. The van der Waals surface area contributed by atoms with E-state index in [9.17, 15) is 14.7 Å². The number of carbonyl (C=O) groups is 2. The maximum atomic E-state index is 12.9. The van der Waals surface area contributed by atoms with Gasteiger partial charge >= 0.3 is 0 Å². The zero-order chi connectivity index (χ0) is 23.4. The van der Waals surface area contributed by atoms with Gasteiger partial charge in [-0.2, -0.15) is 5.10 Å². The third kappa shape index (κ3) is 4.92. The Kier molecular flexibility index (Phi) is 6.48. The molecular formula is C24H26N6O3. The minimum atomic E-state index is -0.386. The zero-order valence-corrected chi connectivity index (χ0v) is 18.5. The Morgan fingerprint density at radius 1 is 1.18 bits per heavy atom. The summed E-state index contributed by atoms with van der Waals surface area (Å²) in [4.78, 5) is 33.4. The smallest absolute Gasteiger partial charge is 0.276 e. The van der Waals surface area contributed by atoms with Gasteiger partial charge < -0.3 is 15.7 Å². The molecule has 9 heteroatoms. The number of aromatic amines is 1. The molecule has 3 heterocycles. The number of nitrogens with zero attached hydrogens (tertiary/aromatic N) is 3. The van der Waals surface area contributed by atoms with Crippen LogP contribution in [0.5, 0.6) is 5.75 Å². The maximum absolute atomic E-state index is 12.9. The van der Waals surface area contributed by atoms with Crippen molar-refractivity contribution in [1.82, 2.24) is 25.5 Å². The molecule has 0 aromatic carbocycles. The molecule has 3 aromatic heterocycles. The molecule has 0 saturated carbocycles. The van der Waals surface area contributed by atoms with Crippen LogP contribution in [0.25, 0.3) is 12.2 Å². The van der Waals surface area contributed by atoms with Crippen LogP contribution in [0, 0.1) is 0 Å². The first-order valence-corrected chi connectivity index (χ1v) is 11.0. The van der Waals surface area contributed by atoms with E-state index in [0.29, 0.717) is 23.0 Å². The van der Waals surface area contributed by atoms with Gasteiger partial charge in [0.1, 0.15) is 11.4 Å². The van der Waals surface area contributed by atoms with Crippen molar-refractivity contribution in [2.45, 2.75) is 45.1 Å². The first-order valence-electron chi connectivity index (χ1n) is 11.0. The highest BCUT2D eigenvalue weighted by atomic mass is 16.3. The van der Waals surface area contributed by atoms with Crippen LogP contribution in [0.4, 0.5) is 5.69 Å². The summed E-state index contributed by atoms with van der Waals surface area (Å²) in [5.74, 6) is -0.555. The number of hydrogen-bond acceptors (Lipinski definition) is 6.